The van der Waals surface area contributed by atoms with Crippen molar-refractivity contribution in [2.75, 3.05) is 56.7 Å². The maximum Gasteiger partial charge on any atom is 0.418 e. The Balaban J connectivity index is 1.53. The Kier molecular flexibility index (Phi) is 9.20. The molecular formula is C31H36ClF4N7O2. The van der Waals surface area contributed by atoms with Gasteiger partial charge in [0.2, 0.25) is 0 Å². The van der Waals surface area contributed by atoms with Crippen LogP contribution in [0.5, 0.6) is 6.01 Å². The largest absolute Gasteiger partial charge is 0.463 e. The van der Waals surface area contributed by atoms with E-state index in [2.05, 4.69) is 17.5 Å². The molecule has 9 nitrogen and oxygen atoms in total. The van der Waals surface area contributed by atoms with Crippen LogP contribution < -0.4 is 14.5 Å². The number of carbonyl (C=O) groups excluding carboxylic acids is 1. The molecule has 0 radical (unpaired) electrons. The van der Waals surface area contributed by atoms with Gasteiger partial charge in [0.05, 0.1) is 53.7 Å². The molecule has 2 aliphatic heterocycles. The lowest BCUT2D eigenvalue weighted by Gasteiger charge is -2.43. The minimum absolute atomic E-state index is 0.0141. The molecule has 2 aromatic rings. The maximum atomic E-state index is 14.1. The number of anilines is 2. The van der Waals surface area contributed by atoms with Gasteiger partial charge >= 0.3 is 12.2 Å². The molecule has 1 saturated carbocycles. The van der Waals surface area contributed by atoms with E-state index in [0.717, 1.165) is 31.0 Å². The van der Waals surface area contributed by atoms with Gasteiger partial charge in [-0.15, -0.1) is 0 Å². The van der Waals surface area contributed by atoms with Crippen molar-refractivity contribution in [2.24, 2.45) is 5.41 Å². The van der Waals surface area contributed by atoms with Crippen molar-refractivity contribution in [1.29, 1.82) is 5.26 Å². The van der Waals surface area contributed by atoms with E-state index >= 15 is 0 Å². The van der Waals surface area contributed by atoms with Crippen LogP contribution in [0.4, 0.5) is 29.1 Å². The lowest BCUT2D eigenvalue weighted by Crippen LogP contribution is -2.56. The quantitative estimate of drug-likeness (QED) is 0.270. The first-order valence-corrected chi connectivity index (χ1v) is 15.2. The number of rotatable bonds is 9. The van der Waals surface area contributed by atoms with Crippen LogP contribution in [-0.4, -0.2) is 84.6 Å². The van der Waals surface area contributed by atoms with Crippen LogP contribution in [0.2, 0.25) is 5.02 Å². The van der Waals surface area contributed by atoms with Gasteiger partial charge < -0.3 is 24.3 Å². The maximum absolute atomic E-state index is 14.1. The highest BCUT2D eigenvalue weighted by Gasteiger charge is 2.45. The number of piperazine rings is 1. The number of halogens is 5. The topological polar surface area (TPSA) is 88.8 Å². The molecule has 242 valence electrons. The summed E-state index contributed by atoms with van der Waals surface area (Å²) in [7, 11) is 3.99. The number of aromatic nitrogens is 2. The van der Waals surface area contributed by atoms with Gasteiger partial charge in [0.25, 0.3) is 5.91 Å². The van der Waals surface area contributed by atoms with E-state index in [1.165, 1.54) is 17.0 Å². The van der Waals surface area contributed by atoms with Crippen LogP contribution in [0.15, 0.2) is 30.6 Å². The number of nitrogens with zero attached hydrogens (tertiary/aromatic N) is 7. The van der Waals surface area contributed by atoms with E-state index in [1.807, 2.05) is 25.9 Å². The minimum Gasteiger partial charge on any atom is -0.463 e. The van der Waals surface area contributed by atoms with Gasteiger partial charge in [0.15, 0.2) is 5.83 Å². The average Bonchev–Trinajstić information content (AvgIpc) is 3.73. The lowest BCUT2D eigenvalue weighted by atomic mass is 9.96. The Morgan fingerprint density at radius 1 is 1.27 bits per heavy atom. The molecule has 5 rings (SSSR count). The van der Waals surface area contributed by atoms with E-state index in [0.29, 0.717) is 24.5 Å². The van der Waals surface area contributed by atoms with Crippen molar-refractivity contribution in [3.05, 3.63) is 52.4 Å². The second-order valence-electron chi connectivity index (χ2n) is 12.5. The summed E-state index contributed by atoms with van der Waals surface area (Å²) in [6.07, 6.45) is -2.36. The third-order valence-corrected chi connectivity index (χ3v) is 9.00. The molecule has 0 spiro atoms. The van der Waals surface area contributed by atoms with Crippen molar-refractivity contribution in [2.45, 2.75) is 57.4 Å². The average molecular weight is 650 g/mol. The van der Waals surface area contributed by atoms with Crippen LogP contribution in [0.25, 0.3) is 0 Å². The molecule has 1 amide bonds. The van der Waals surface area contributed by atoms with Gasteiger partial charge in [-0.05, 0) is 52.4 Å². The van der Waals surface area contributed by atoms with Crippen LogP contribution in [-0.2, 0) is 23.9 Å². The lowest BCUT2D eigenvalue weighted by molar-refractivity contribution is -0.137. The van der Waals surface area contributed by atoms with Crippen LogP contribution in [0.3, 0.4) is 0 Å². The number of hydrogen-bond donors (Lipinski definition) is 0. The summed E-state index contributed by atoms with van der Waals surface area (Å²) in [5.41, 5.74) is 0.284. The molecule has 2 fully saturated rings. The number of alkyl halides is 3. The fraction of sp³-hybridized carbons (Fsp3) is 0.548. The van der Waals surface area contributed by atoms with E-state index in [9.17, 15) is 27.6 Å². The Morgan fingerprint density at radius 3 is 2.62 bits per heavy atom. The summed E-state index contributed by atoms with van der Waals surface area (Å²) < 4.78 is 62.3. The van der Waals surface area contributed by atoms with E-state index in [-0.39, 0.29) is 54.7 Å². The molecule has 2 atom stereocenters. The molecular weight excluding hydrogens is 614 g/mol. The van der Waals surface area contributed by atoms with Crippen LogP contribution >= 0.6 is 11.6 Å². The van der Waals surface area contributed by atoms with Crippen molar-refractivity contribution in [3.63, 3.8) is 0 Å². The van der Waals surface area contributed by atoms with Gasteiger partial charge in [-0.25, -0.2) is 4.39 Å². The zero-order valence-corrected chi connectivity index (χ0v) is 26.3. The highest BCUT2D eigenvalue weighted by Crippen LogP contribution is 2.47. The molecule has 1 aromatic carbocycles. The number of fused-ring (bicyclic) bond motifs is 1. The summed E-state index contributed by atoms with van der Waals surface area (Å²) in [5.74, 6) is -1.42. The van der Waals surface area contributed by atoms with E-state index in [4.69, 9.17) is 26.3 Å². The minimum atomic E-state index is -4.62. The third kappa shape index (κ3) is 6.97. The molecule has 1 saturated heterocycles. The number of amides is 1. The molecule has 1 aromatic heterocycles. The number of ether oxygens (including phenoxy) is 1. The highest BCUT2D eigenvalue weighted by atomic mass is 35.5. The molecule has 0 bridgehead atoms. The highest BCUT2D eigenvalue weighted by molar-refractivity contribution is 6.33. The SMILES string of the molecule is C=C(F)C(=O)N1CCN(c2nc(OCC3(CN(C)C)CC3)nc3c2C[C@@H](C)N(c2c(Cl)cccc2C(F)(F)F)C3)CC1CC#N. The summed E-state index contributed by atoms with van der Waals surface area (Å²) >= 11 is 6.40. The second-order valence-corrected chi connectivity index (χ2v) is 12.9. The third-order valence-electron chi connectivity index (χ3n) is 8.70. The number of para-hydroxylation sites is 1. The summed E-state index contributed by atoms with van der Waals surface area (Å²) in [6, 6.07) is 4.89. The molecule has 14 heteroatoms. The Bertz CT molecular complexity index is 1510. The van der Waals surface area contributed by atoms with Crippen LogP contribution in [0.1, 0.15) is 43.0 Å². The van der Waals surface area contributed by atoms with Crippen molar-refractivity contribution in [1.82, 2.24) is 19.8 Å². The summed E-state index contributed by atoms with van der Waals surface area (Å²) in [4.78, 5) is 29.0. The Labute approximate surface area is 265 Å². The summed E-state index contributed by atoms with van der Waals surface area (Å²) in [5, 5.41) is 9.46. The van der Waals surface area contributed by atoms with Crippen molar-refractivity contribution < 1.29 is 27.1 Å². The first kappa shape index (κ1) is 32.8. The van der Waals surface area contributed by atoms with Gasteiger partial charge in [-0.3, -0.25) is 4.79 Å². The van der Waals surface area contributed by atoms with Gasteiger partial charge in [0.1, 0.15) is 5.82 Å². The van der Waals surface area contributed by atoms with Crippen molar-refractivity contribution in [3.8, 4) is 12.1 Å². The Hall–Kier alpha value is -3.63. The second kappa shape index (κ2) is 12.6. The standard InChI is InChI=1S/C31H36ClF4N7O2/c1-19-14-22-25(16-43(19)26-23(31(34,35)36)6-5-7-24(26)32)38-29(45-18-30(9-10-30)17-40(3)4)39-27(22)41-12-13-42(28(44)20(2)33)21(15-41)8-11-37/h5-7,19,21H,2,8-10,12-18H2,1,3-4H3/t19-,21?/m1/s1. The van der Waals surface area contributed by atoms with Crippen molar-refractivity contribution >= 4 is 29.0 Å². The Morgan fingerprint density at radius 2 is 2.00 bits per heavy atom. The molecule has 3 aliphatic rings. The normalized spacial score (nSPS) is 20.9. The number of nitriles is 1. The molecule has 45 heavy (non-hydrogen) atoms. The smallest absolute Gasteiger partial charge is 0.418 e. The van der Waals surface area contributed by atoms with Gasteiger partial charge in [-0.2, -0.15) is 28.4 Å². The predicted molar refractivity (Wildman–Crippen MR) is 162 cm³/mol. The molecule has 3 heterocycles. The first-order chi connectivity index (χ1) is 21.2. The molecule has 1 aliphatic carbocycles. The number of carbonyl (C=O) groups is 1. The number of hydrogen-bond acceptors (Lipinski definition) is 8. The predicted octanol–water partition coefficient (Wildman–Crippen LogP) is 5.23. The van der Waals surface area contributed by atoms with Gasteiger partial charge in [0, 0.05) is 43.2 Å². The first-order valence-electron chi connectivity index (χ1n) is 14.8. The zero-order valence-electron chi connectivity index (χ0n) is 25.5. The number of benzene rings is 1. The fourth-order valence-electron chi connectivity index (χ4n) is 6.38. The van der Waals surface area contributed by atoms with E-state index in [1.54, 1.807) is 4.90 Å². The van der Waals surface area contributed by atoms with E-state index < -0.39 is 35.6 Å². The monoisotopic (exact) mass is 649 g/mol. The van der Waals surface area contributed by atoms with Crippen LogP contribution in [0, 0.1) is 16.7 Å². The zero-order chi connectivity index (χ0) is 32.7. The summed E-state index contributed by atoms with van der Waals surface area (Å²) in [6.45, 7) is 6.79. The molecule has 1 unspecified atom stereocenters. The fourth-order valence-corrected chi connectivity index (χ4v) is 6.67. The molecule has 0 N–H and O–H groups in total. The van der Waals surface area contributed by atoms with Gasteiger partial charge in [-0.1, -0.05) is 24.2 Å².